The highest BCUT2D eigenvalue weighted by atomic mass is 19.4. The van der Waals surface area contributed by atoms with Crippen LogP contribution in [0.4, 0.5) is 43.7 Å². The average molecular weight is 801 g/mol. The number of rotatable bonds is 12. The molecule has 5 aromatic rings. The molecule has 302 valence electrons. The molecule has 3 atom stereocenters. The van der Waals surface area contributed by atoms with Crippen molar-refractivity contribution < 1.29 is 40.6 Å². The Balaban J connectivity index is 0.952. The first-order valence-electron chi connectivity index (χ1n) is 18.2. The zero-order valence-corrected chi connectivity index (χ0v) is 31.0. The minimum Gasteiger partial charge on any atom is -0.377 e. The van der Waals surface area contributed by atoms with Crippen molar-refractivity contribution in [3.63, 3.8) is 0 Å². The van der Waals surface area contributed by atoms with Gasteiger partial charge in [0.2, 0.25) is 11.5 Å². The second-order valence-corrected chi connectivity index (χ2v) is 13.7. The first-order chi connectivity index (χ1) is 27.1. The summed E-state index contributed by atoms with van der Waals surface area (Å²) in [7, 11) is 0. The zero-order chi connectivity index (χ0) is 40.6. The van der Waals surface area contributed by atoms with E-state index in [2.05, 4.69) is 35.3 Å². The molecule has 1 amide bonds. The van der Waals surface area contributed by atoms with Crippen LogP contribution >= 0.6 is 0 Å². The summed E-state index contributed by atoms with van der Waals surface area (Å²) < 4.78 is 97.3. The third-order valence-electron chi connectivity index (χ3n) is 9.97. The number of amides is 1. The van der Waals surface area contributed by atoms with Crippen LogP contribution < -0.4 is 20.7 Å². The number of nitrogens with zero attached hydrogens (tertiary/aromatic N) is 8. The predicted octanol–water partition coefficient (Wildman–Crippen LogP) is 5.77. The molecule has 7 rings (SSSR count). The van der Waals surface area contributed by atoms with Crippen LogP contribution in [0.3, 0.4) is 0 Å². The molecule has 1 aromatic carbocycles. The van der Waals surface area contributed by atoms with Crippen LogP contribution in [0.5, 0.6) is 0 Å². The van der Waals surface area contributed by atoms with Crippen LogP contribution in [0.1, 0.15) is 37.9 Å². The first kappa shape index (κ1) is 39.6. The van der Waals surface area contributed by atoms with Crippen molar-refractivity contribution in [2.75, 3.05) is 48.0 Å². The summed E-state index contributed by atoms with van der Waals surface area (Å²) in [6.07, 6.45) is -8.33. The second-order valence-electron chi connectivity index (χ2n) is 13.7. The number of pyridine rings is 2. The number of ether oxygens (including phenoxy) is 2. The minimum atomic E-state index is -4.85. The highest BCUT2D eigenvalue weighted by Gasteiger charge is 2.51. The monoisotopic (exact) mass is 800 g/mol. The molecule has 4 aromatic heterocycles. The molecule has 14 nitrogen and oxygen atoms in total. The topological polar surface area (TPSA) is 156 Å². The van der Waals surface area contributed by atoms with Crippen molar-refractivity contribution in [2.45, 2.75) is 70.7 Å². The number of carbonyl (C=O) groups excluding carboxylic acids is 1. The normalized spacial score (nSPS) is 17.9. The maximum absolute atomic E-state index is 14.5. The van der Waals surface area contributed by atoms with Crippen LogP contribution in [-0.2, 0) is 27.0 Å². The molecular formula is C37H38F6N10O4. The lowest BCUT2D eigenvalue weighted by molar-refractivity contribution is -0.228. The number of halogens is 6. The Morgan fingerprint density at radius 2 is 1.77 bits per heavy atom. The summed E-state index contributed by atoms with van der Waals surface area (Å²) in [5, 5.41) is 7.10. The number of nitrogens with one attached hydrogen (secondary N) is 2. The summed E-state index contributed by atoms with van der Waals surface area (Å²) in [6.45, 7) is 5.74. The molecule has 1 saturated heterocycles. The molecule has 20 heteroatoms. The van der Waals surface area contributed by atoms with Crippen LogP contribution in [0, 0.1) is 6.92 Å². The highest BCUT2D eigenvalue weighted by Crippen LogP contribution is 2.41. The first-order valence-corrected chi connectivity index (χ1v) is 18.2. The van der Waals surface area contributed by atoms with Gasteiger partial charge in [0.05, 0.1) is 56.4 Å². The van der Waals surface area contributed by atoms with Gasteiger partial charge >= 0.3 is 12.4 Å². The average Bonchev–Trinajstić information content (AvgIpc) is 3.79. The molecule has 0 radical (unpaired) electrons. The van der Waals surface area contributed by atoms with Gasteiger partial charge in [-0.2, -0.15) is 26.3 Å². The van der Waals surface area contributed by atoms with Gasteiger partial charge in [0, 0.05) is 46.5 Å². The van der Waals surface area contributed by atoms with Gasteiger partial charge in [0.1, 0.15) is 12.0 Å². The standard InChI is InChI=1S/C37H38F6N10O4/c1-4-52-31(55)18-45-34-35(52)49-28(17-44-34)23-7-9-27(47-21(23)3)33-46-19-51(50-33)11-12-56-13-14-57-32(37(41,42)43)29-10-5-20(2)53(29)22-6-8-26-24(15-22)25(36(38,39)40)16-30(54)48-26/h6-9,15-17,19-20,29,32H,4-5,10-14,18H2,1-3H3,(H,44,45)(H,48,54)/t20-,29?,32?/m0/s1. The van der Waals surface area contributed by atoms with E-state index < -0.39 is 48.3 Å². The fourth-order valence-electron chi connectivity index (χ4n) is 7.31. The maximum atomic E-state index is 14.5. The van der Waals surface area contributed by atoms with Crippen molar-refractivity contribution in [1.29, 1.82) is 0 Å². The fraction of sp³-hybridized carbons (Fsp3) is 0.432. The molecular weight excluding hydrogens is 762 g/mol. The Morgan fingerprint density at radius 1 is 0.965 bits per heavy atom. The van der Waals surface area contributed by atoms with E-state index in [0.29, 0.717) is 59.1 Å². The van der Waals surface area contributed by atoms with Gasteiger partial charge in [-0.3, -0.25) is 14.5 Å². The quantitative estimate of drug-likeness (QED) is 0.117. The van der Waals surface area contributed by atoms with E-state index in [1.165, 1.54) is 28.0 Å². The van der Waals surface area contributed by atoms with Gasteiger partial charge < -0.3 is 24.7 Å². The fourth-order valence-corrected chi connectivity index (χ4v) is 7.31. The van der Waals surface area contributed by atoms with Crippen LogP contribution in [0.25, 0.3) is 33.7 Å². The number of H-pyrrole nitrogens is 1. The zero-order valence-electron chi connectivity index (χ0n) is 31.0. The molecule has 1 fully saturated rings. The molecule has 0 aliphatic carbocycles. The third-order valence-corrected chi connectivity index (χ3v) is 9.97. The Kier molecular flexibility index (Phi) is 10.9. The molecule has 0 saturated carbocycles. The molecule has 0 bridgehead atoms. The van der Waals surface area contributed by atoms with Crippen molar-refractivity contribution >= 4 is 34.1 Å². The maximum Gasteiger partial charge on any atom is 0.417 e. The Hall–Kier alpha value is -5.63. The Morgan fingerprint density at radius 3 is 2.51 bits per heavy atom. The number of aromatic nitrogens is 7. The van der Waals surface area contributed by atoms with Gasteiger partial charge in [0.25, 0.3) is 0 Å². The van der Waals surface area contributed by atoms with Crippen LogP contribution in [0.2, 0.25) is 0 Å². The van der Waals surface area contributed by atoms with Crippen molar-refractivity contribution in [2.24, 2.45) is 0 Å². The predicted molar refractivity (Wildman–Crippen MR) is 197 cm³/mol. The van der Waals surface area contributed by atoms with E-state index in [4.69, 9.17) is 9.47 Å². The number of aryl methyl sites for hydroxylation is 1. The lowest BCUT2D eigenvalue weighted by Crippen LogP contribution is -2.50. The van der Waals surface area contributed by atoms with E-state index in [1.54, 1.807) is 24.1 Å². The number of likely N-dealkylation sites (N-methyl/N-ethyl adjacent to an activating group) is 1. The van der Waals surface area contributed by atoms with Crippen molar-refractivity contribution in [1.82, 2.24) is 34.7 Å². The summed E-state index contributed by atoms with van der Waals surface area (Å²) in [4.78, 5) is 47.6. The number of benzene rings is 1. The van der Waals surface area contributed by atoms with Gasteiger partial charge in [-0.05, 0) is 63.9 Å². The second kappa shape index (κ2) is 15.7. The Bertz CT molecular complexity index is 2330. The van der Waals surface area contributed by atoms with E-state index in [9.17, 15) is 35.9 Å². The van der Waals surface area contributed by atoms with Crippen LogP contribution in [-0.4, -0.2) is 97.9 Å². The van der Waals surface area contributed by atoms with Crippen molar-refractivity contribution in [3.05, 3.63) is 70.5 Å². The highest BCUT2D eigenvalue weighted by molar-refractivity contribution is 6.00. The van der Waals surface area contributed by atoms with Gasteiger partial charge in [-0.1, -0.05) is 0 Å². The molecule has 2 unspecified atom stereocenters. The molecule has 2 aliphatic heterocycles. The van der Waals surface area contributed by atoms with E-state index >= 15 is 0 Å². The summed E-state index contributed by atoms with van der Waals surface area (Å²) in [5.41, 5.74) is 0.357. The molecule has 2 N–H and O–H groups in total. The van der Waals surface area contributed by atoms with Gasteiger partial charge in [0.15, 0.2) is 23.6 Å². The summed E-state index contributed by atoms with van der Waals surface area (Å²) in [5.74, 6) is 1.22. The van der Waals surface area contributed by atoms with E-state index in [1.807, 2.05) is 19.9 Å². The van der Waals surface area contributed by atoms with Gasteiger partial charge in [-0.25, -0.2) is 24.6 Å². The molecule has 0 spiro atoms. The smallest absolute Gasteiger partial charge is 0.377 e. The third kappa shape index (κ3) is 8.27. The SMILES string of the molecule is CCN1C(=O)CNc2ncc(-c3ccc(-c4ncn(CCOCCOC(C5CC[C@H](C)N5c5ccc6[nH]c(=O)cc(C(F)(F)F)c6c5)C(F)(F)F)n4)nc3C)nc21. The van der Waals surface area contributed by atoms with E-state index in [-0.39, 0.29) is 55.2 Å². The lowest BCUT2D eigenvalue weighted by Gasteiger charge is -2.36. The van der Waals surface area contributed by atoms with Crippen molar-refractivity contribution in [3.8, 4) is 22.8 Å². The Labute approximate surface area is 321 Å². The number of fused-ring (bicyclic) bond motifs is 2. The number of hydrogen-bond acceptors (Lipinski definition) is 11. The number of aromatic amines is 1. The largest absolute Gasteiger partial charge is 0.417 e. The number of alkyl halides is 6. The summed E-state index contributed by atoms with van der Waals surface area (Å²) >= 11 is 0. The molecule has 57 heavy (non-hydrogen) atoms. The van der Waals surface area contributed by atoms with Crippen LogP contribution in [0.15, 0.2) is 53.7 Å². The molecule has 6 heterocycles. The number of anilines is 3. The lowest BCUT2D eigenvalue weighted by atomic mass is 10.0. The number of hydrogen-bond donors (Lipinski definition) is 2. The minimum absolute atomic E-state index is 0.0782. The van der Waals surface area contributed by atoms with E-state index in [0.717, 1.165) is 6.07 Å². The number of carbonyl (C=O) groups is 1. The summed E-state index contributed by atoms with van der Waals surface area (Å²) in [6, 6.07) is 6.19. The molecule has 2 aliphatic rings. The van der Waals surface area contributed by atoms with Gasteiger partial charge in [-0.15, -0.1) is 5.10 Å².